The van der Waals surface area contributed by atoms with Crippen LogP contribution in [0.25, 0.3) is 0 Å². The molecule has 2 aromatic rings. The first-order valence-corrected chi connectivity index (χ1v) is 6.71. The first-order valence-electron chi connectivity index (χ1n) is 6.33. The summed E-state index contributed by atoms with van der Waals surface area (Å²) in [6.07, 6.45) is 0.300. The molecular formula is C16H15ClFNO. The van der Waals surface area contributed by atoms with Gasteiger partial charge in [0, 0.05) is 18.9 Å². The van der Waals surface area contributed by atoms with Crippen LogP contribution in [0.5, 0.6) is 0 Å². The van der Waals surface area contributed by atoms with E-state index in [9.17, 15) is 9.18 Å². The van der Waals surface area contributed by atoms with E-state index in [2.05, 4.69) is 0 Å². The van der Waals surface area contributed by atoms with Crippen LogP contribution in [0.15, 0.2) is 48.5 Å². The Bertz CT molecular complexity index is 601. The molecule has 104 valence electrons. The molecule has 0 aromatic heterocycles. The molecule has 20 heavy (non-hydrogen) atoms. The average Bonchev–Trinajstić information content (AvgIpc) is 2.45. The van der Waals surface area contributed by atoms with Crippen LogP contribution in [0.3, 0.4) is 0 Å². The Morgan fingerprint density at radius 1 is 1.15 bits per heavy atom. The highest BCUT2D eigenvalue weighted by Crippen LogP contribution is 2.22. The van der Waals surface area contributed by atoms with E-state index in [4.69, 9.17) is 17.3 Å². The zero-order valence-electron chi connectivity index (χ0n) is 10.9. The van der Waals surface area contributed by atoms with Crippen LogP contribution in [-0.4, -0.2) is 5.78 Å². The van der Waals surface area contributed by atoms with Gasteiger partial charge in [0.05, 0.1) is 5.02 Å². The zero-order valence-corrected chi connectivity index (χ0v) is 11.6. The van der Waals surface area contributed by atoms with Gasteiger partial charge in [-0.3, -0.25) is 4.79 Å². The van der Waals surface area contributed by atoms with Gasteiger partial charge in [0.1, 0.15) is 11.6 Å². The maximum Gasteiger partial charge on any atom is 0.142 e. The van der Waals surface area contributed by atoms with Crippen LogP contribution >= 0.6 is 11.6 Å². The summed E-state index contributed by atoms with van der Waals surface area (Å²) >= 11 is 5.83. The Kier molecular flexibility index (Phi) is 4.88. The number of halogens is 2. The minimum atomic E-state index is -0.510. The predicted molar refractivity (Wildman–Crippen MR) is 78.1 cm³/mol. The summed E-state index contributed by atoms with van der Waals surface area (Å²) in [5, 5.41) is 0.00846. The maximum atomic E-state index is 13.3. The van der Waals surface area contributed by atoms with Gasteiger partial charge in [0.25, 0.3) is 0 Å². The Labute approximate surface area is 122 Å². The Morgan fingerprint density at radius 3 is 2.55 bits per heavy atom. The standard InChI is InChI=1S/C16H15ClFNO/c17-16-12(7-4-8-14(16)18)9-13(20)10-15(19)11-5-2-1-3-6-11/h1-8,15H,9-10,19H2. The van der Waals surface area contributed by atoms with Crippen LogP contribution in [0, 0.1) is 5.82 Å². The topological polar surface area (TPSA) is 43.1 Å². The van der Waals surface area contributed by atoms with Gasteiger partial charge in [-0.15, -0.1) is 0 Å². The number of ketones is 1. The number of Topliss-reactive ketones (excluding diaryl/α,β-unsaturated/α-hetero) is 1. The molecule has 0 aliphatic rings. The van der Waals surface area contributed by atoms with E-state index < -0.39 is 5.82 Å². The monoisotopic (exact) mass is 291 g/mol. The van der Waals surface area contributed by atoms with Crippen molar-refractivity contribution in [3.63, 3.8) is 0 Å². The summed E-state index contributed by atoms with van der Waals surface area (Å²) in [4.78, 5) is 12.0. The molecule has 2 N–H and O–H groups in total. The molecule has 0 bridgehead atoms. The summed E-state index contributed by atoms with van der Waals surface area (Å²) in [5.74, 6) is -0.571. The third kappa shape index (κ3) is 3.65. The minimum Gasteiger partial charge on any atom is -0.324 e. The minimum absolute atomic E-state index is 0.00846. The molecule has 0 heterocycles. The summed E-state index contributed by atoms with van der Waals surface area (Å²) in [5.41, 5.74) is 7.40. The number of hydrogen-bond donors (Lipinski definition) is 1. The summed E-state index contributed by atoms with van der Waals surface area (Å²) in [6.45, 7) is 0. The lowest BCUT2D eigenvalue weighted by molar-refractivity contribution is -0.118. The molecule has 0 amide bonds. The zero-order chi connectivity index (χ0) is 14.5. The van der Waals surface area contributed by atoms with Gasteiger partial charge in [0.15, 0.2) is 0 Å². The van der Waals surface area contributed by atoms with Crippen LogP contribution in [0.4, 0.5) is 4.39 Å². The fraction of sp³-hybridized carbons (Fsp3) is 0.188. The van der Waals surface area contributed by atoms with E-state index in [0.29, 0.717) is 5.56 Å². The lowest BCUT2D eigenvalue weighted by Gasteiger charge is -2.11. The third-order valence-corrected chi connectivity index (χ3v) is 3.52. The SMILES string of the molecule is NC(CC(=O)Cc1cccc(F)c1Cl)c1ccccc1. The van der Waals surface area contributed by atoms with Gasteiger partial charge < -0.3 is 5.73 Å². The van der Waals surface area contributed by atoms with Crippen molar-refractivity contribution in [2.45, 2.75) is 18.9 Å². The molecule has 0 aliphatic heterocycles. The van der Waals surface area contributed by atoms with Gasteiger partial charge in [-0.1, -0.05) is 54.1 Å². The molecule has 4 heteroatoms. The second kappa shape index (κ2) is 6.64. The number of carbonyl (C=O) groups excluding carboxylic acids is 1. The lowest BCUT2D eigenvalue weighted by Crippen LogP contribution is -2.16. The van der Waals surface area contributed by atoms with Gasteiger partial charge >= 0.3 is 0 Å². The Balaban J connectivity index is 2.01. The molecule has 2 nitrogen and oxygen atoms in total. The fourth-order valence-electron chi connectivity index (χ4n) is 2.03. The highest BCUT2D eigenvalue weighted by atomic mass is 35.5. The summed E-state index contributed by atoms with van der Waals surface area (Å²) in [7, 11) is 0. The number of carbonyl (C=O) groups is 1. The van der Waals surface area contributed by atoms with E-state index in [1.165, 1.54) is 6.07 Å². The molecule has 2 rings (SSSR count). The molecule has 0 aliphatic carbocycles. The van der Waals surface area contributed by atoms with E-state index in [0.717, 1.165) is 5.56 Å². The maximum absolute atomic E-state index is 13.3. The van der Waals surface area contributed by atoms with Crippen LogP contribution in [0.1, 0.15) is 23.6 Å². The molecule has 2 aromatic carbocycles. The number of nitrogens with two attached hydrogens (primary N) is 1. The normalized spacial score (nSPS) is 12.2. The van der Waals surface area contributed by atoms with Crippen LogP contribution in [-0.2, 0) is 11.2 Å². The molecule has 0 saturated heterocycles. The number of hydrogen-bond acceptors (Lipinski definition) is 2. The lowest BCUT2D eigenvalue weighted by atomic mass is 9.99. The summed E-state index contributed by atoms with van der Waals surface area (Å²) in [6, 6.07) is 13.5. The fourth-order valence-corrected chi connectivity index (χ4v) is 2.23. The van der Waals surface area contributed by atoms with Crippen molar-refractivity contribution in [1.82, 2.24) is 0 Å². The van der Waals surface area contributed by atoms with Gasteiger partial charge in [-0.2, -0.15) is 0 Å². The van der Waals surface area contributed by atoms with Gasteiger partial charge in [-0.05, 0) is 17.2 Å². The quantitative estimate of drug-likeness (QED) is 0.913. The van der Waals surface area contributed by atoms with E-state index in [1.54, 1.807) is 12.1 Å². The van der Waals surface area contributed by atoms with Crippen molar-refractivity contribution in [3.8, 4) is 0 Å². The van der Waals surface area contributed by atoms with Crippen molar-refractivity contribution in [1.29, 1.82) is 0 Å². The first-order chi connectivity index (χ1) is 9.58. The molecule has 0 saturated carbocycles. The van der Waals surface area contributed by atoms with Crippen molar-refractivity contribution in [3.05, 3.63) is 70.5 Å². The van der Waals surface area contributed by atoms with Crippen molar-refractivity contribution in [2.75, 3.05) is 0 Å². The third-order valence-electron chi connectivity index (χ3n) is 3.09. The smallest absolute Gasteiger partial charge is 0.142 e. The van der Waals surface area contributed by atoms with Gasteiger partial charge in [0.2, 0.25) is 0 Å². The Morgan fingerprint density at radius 2 is 1.85 bits per heavy atom. The number of benzene rings is 2. The number of rotatable bonds is 5. The van der Waals surface area contributed by atoms with E-state index >= 15 is 0 Å². The van der Waals surface area contributed by atoms with E-state index in [1.807, 2.05) is 30.3 Å². The molecule has 0 spiro atoms. The second-order valence-corrected chi connectivity index (χ2v) is 5.03. The first kappa shape index (κ1) is 14.7. The molecular weight excluding hydrogens is 277 g/mol. The molecule has 1 unspecified atom stereocenters. The second-order valence-electron chi connectivity index (χ2n) is 4.65. The van der Waals surface area contributed by atoms with Crippen molar-refractivity contribution < 1.29 is 9.18 Å². The van der Waals surface area contributed by atoms with Crippen molar-refractivity contribution >= 4 is 17.4 Å². The highest BCUT2D eigenvalue weighted by molar-refractivity contribution is 6.31. The average molecular weight is 292 g/mol. The predicted octanol–water partition coefficient (Wildman–Crippen LogP) is 3.68. The van der Waals surface area contributed by atoms with Crippen LogP contribution in [0.2, 0.25) is 5.02 Å². The van der Waals surface area contributed by atoms with E-state index in [-0.39, 0.29) is 29.7 Å². The summed E-state index contributed by atoms with van der Waals surface area (Å²) < 4.78 is 13.3. The Hall–Kier alpha value is -1.71. The van der Waals surface area contributed by atoms with Crippen molar-refractivity contribution in [2.24, 2.45) is 5.73 Å². The molecule has 0 fully saturated rings. The highest BCUT2D eigenvalue weighted by Gasteiger charge is 2.14. The van der Waals surface area contributed by atoms with Gasteiger partial charge in [-0.25, -0.2) is 4.39 Å². The van der Waals surface area contributed by atoms with Crippen LogP contribution < -0.4 is 5.73 Å². The molecule has 0 radical (unpaired) electrons. The largest absolute Gasteiger partial charge is 0.324 e. The molecule has 1 atom stereocenters.